The largest absolute Gasteiger partial charge is 0.493 e. The number of hydrogen-bond donors (Lipinski definition) is 2. The zero-order chi connectivity index (χ0) is 20.7. The van der Waals surface area contributed by atoms with Crippen LogP contribution in [0.4, 0.5) is 0 Å². The van der Waals surface area contributed by atoms with Crippen LogP contribution in [0.2, 0.25) is 0 Å². The van der Waals surface area contributed by atoms with Crippen molar-refractivity contribution < 1.29 is 27.5 Å². The number of hydrogen-bond acceptors (Lipinski definition) is 6. The van der Waals surface area contributed by atoms with Crippen LogP contribution in [0.25, 0.3) is 0 Å². The topological polar surface area (TPSA) is 111 Å². The van der Waals surface area contributed by atoms with E-state index in [0.29, 0.717) is 18.1 Å². The number of Topliss-reactive ketones (excluding diaryl/α,β-unsaturated/α-hetero) is 1. The zero-order valence-electron chi connectivity index (χ0n) is 15.8. The number of carbonyl (C=O) groups is 2. The van der Waals surface area contributed by atoms with Crippen molar-refractivity contribution in [1.29, 1.82) is 0 Å². The molecule has 0 saturated heterocycles. The molecule has 2 rings (SSSR count). The van der Waals surface area contributed by atoms with Crippen LogP contribution in [0.5, 0.6) is 11.5 Å². The van der Waals surface area contributed by atoms with E-state index in [-0.39, 0.29) is 21.8 Å². The average Bonchev–Trinajstić information content (AvgIpc) is 2.70. The van der Waals surface area contributed by atoms with Crippen molar-refractivity contribution in [2.45, 2.75) is 25.2 Å². The van der Waals surface area contributed by atoms with E-state index in [4.69, 9.17) is 9.47 Å². The van der Waals surface area contributed by atoms with E-state index < -0.39 is 15.9 Å². The fraction of sp³-hybridized carbons (Fsp3) is 0.263. The van der Waals surface area contributed by atoms with Crippen molar-refractivity contribution in [3.63, 3.8) is 0 Å². The molecule has 0 spiro atoms. The molecule has 28 heavy (non-hydrogen) atoms. The molecule has 0 heterocycles. The van der Waals surface area contributed by atoms with Crippen LogP contribution in [0.3, 0.4) is 0 Å². The zero-order valence-corrected chi connectivity index (χ0v) is 16.6. The number of ether oxygens (including phenoxy) is 2. The predicted molar refractivity (Wildman–Crippen MR) is 103 cm³/mol. The maximum absolute atomic E-state index is 12.4. The van der Waals surface area contributed by atoms with Crippen LogP contribution in [0, 0.1) is 0 Å². The van der Waals surface area contributed by atoms with Gasteiger partial charge in [0.05, 0.1) is 18.6 Å². The van der Waals surface area contributed by atoms with Gasteiger partial charge in [-0.25, -0.2) is 8.42 Å². The minimum absolute atomic E-state index is 0.138. The van der Waals surface area contributed by atoms with Gasteiger partial charge in [0.2, 0.25) is 0 Å². The minimum atomic E-state index is -4.05. The Kier molecular flexibility index (Phi) is 7.13. The van der Waals surface area contributed by atoms with E-state index in [2.05, 4.69) is 5.43 Å². The summed E-state index contributed by atoms with van der Waals surface area (Å²) in [6.07, 6.45) is 0.817. The standard InChI is InChI=1S/C19H22N2O6S/c1-4-10-27-17-9-8-15(12-18(17)26-3)19(23)20-21-28(24,25)16-7-5-6-14(11-16)13(2)22/h5-9,11-12,21H,4,10H2,1-3H3,(H,20,23). The van der Waals surface area contributed by atoms with Gasteiger partial charge in [-0.3, -0.25) is 15.0 Å². The number of methoxy groups -OCH3 is 1. The molecule has 1 amide bonds. The monoisotopic (exact) mass is 406 g/mol. The van der Waals surface area contributed by atoms with E-state index in [1.807, 2.05) is 11.8 Å². The summed E-state index contributed by atoms with van der Waals surface area (Å²) in [7, 11) is -2.60. The van der Waals surface area contributed by atoms with Gasteiger partial charge in [-0.2, -0.15) is 0 Å². The summed E-state index contributed by atoms with van der Waals surface area (Å²) < 4.78 is 35.4. The summed E-state index contributed by atoms with van der Waals surface area (Å²) in [4.78, 5) is 25.6. The molecular formula is C19H22N2O6S. The first-order valence-electron chi connectivity index (χ1n) is 8.52. The van der Waals surface area contributed by atoms with Gasteiger partial charge in [0.25, 0.3) is 15.9 Å². The molecule has 0 aliphatic heterocycles. The number of hydrazine groups is 1. The van der Waals surface area contributed by atoms with E-state index in [1.54, 1.807) is 6.07 Å². The maximum Gasteiger partial charge on any atom is 0.266 e. The fourth-order valence-corrected chi connectivity index (χ4v) is 3.15. The SMILES string of the molecule is CCCOc1ccc(C(=O)NNS(=O)(=O)c2cccc(C(C)=O)c2)cc1OC. The smallest absolute Gasteiger partial charge is 0.266 e. The second-order valence-corrected chi connectivity index (χ2v) is 7.54. The minimum Gasteiger partial charge on any atom is -0.493 e. The van der Waals surface area contributed by atoms with Gasteiger partial charge in [0.15, 0.2) is 17.3 Å². The molecule has 150 valence electrons. The van der Waals surface area contributed by atoms with Gasteiger partial charge in [-0.15, -0.1) is 4.83 Å². The Morgan fingerprint density at radius 3 is 2.43 bits per heavy atom. The van der Waals surface area contributed by atoms with Crippen molar-refractivity contribution in [2.75, 3.05) is 13.7 Å². The first kappa shape index (κ1) is 21.4. The lowest BCUT2D eigenvalue weighted by molar-refractivity contribution is 0.0943. The van der Waals surface area contributed by atoms with Gasteiger partial charge in [0, 0.05) is 11.1 Å². The molecule has 0 radical (unpaired) electrons. The quantitative estimate of drug-likeness (QED) is 0.488. The second-order valence-electron chi connectivity index (χ2n) is 5.86. The Morgan fingerprint density at radius 1 is 1.04 bits per heavy atom. The van der Waals surface area contributed by atoms with Gasteiger partial charge in [-0.1, -0.05) is 19.1 Å². The summed E-state index contributed by atoms with van der Waals surface area (Å²) in [5.41, 5.74) is 2.58. The highest BCUT2D eigenvalue weighted by Crippen LogP contribution is 2.28. The molecule has 0 saturated carbocycles. The Morgan fingerprint density at radius 2 is 1.79 bits per heavy atom. The predicted octanol–water partition coefficient (Wildman–Crippen LogP) is 2.31. The number of nitrogens with one attached hydrogen (secondary N) is 2. The Balaban J connectivity index is 2.12. The number of sulfonamides is 1. The molecule has 2 N–H and O–H groups in total. The Labute approximate surface area is 163 Å². The third-order valence-corrected chi connectivity index (χ3v) is 4.98. The molecule has 0 unspecified atom stereocenters. The number of ketones is 1. The van der Waals surface area contributed by atoms with E-state index in [0.717, 1.165) is 6.42 Å². The highest BCUT2D eigenvalue weighted by Gasteiger charge is 2.18. The third kappa shape index (κ3) is 5.30. The van der Waals surface area contributed by atoms with Crippen molar-refractivity contribution in [3.05, 3.63) is 53.6 Å². The lowest BCUT2D eigenvalue weighted by Crippen LogP contribution is -2.41. The lowest BCUT2D eigenvalue weighted by Gasteiger charge is -2.12. The normalized spacial score (nSPS) is 11.0. The van der Waals surface area contributed by atoms with Crippen LogP contribution >= 0.6 is 0 Å². The molecule has 0 bridgehead atoms. The summed E-state index contributed by atoms with van der Waals surface area (Å²) in [6, 6.07) is 10.0. The summed E-state index contributed by atoms with van der Waals surface area (Å²) in [5.74, 6) is -0.0918. The summed E-state index contributed by atoms with van der Waals surface area (Å²) in [6.45, 7) is 3.80. The number of rotatable bonds is 9. The van der Waals surface area contributed by atoms with Gasteiger partial charge < -0.3 is 9.47 Å². The summed E-state index contributed by atoms with van der Waals surface area (Å²) >= 11 is 0. The number of benzene rings is 2. The highest BCUT2D eigenvalue weighted by atomic mass is 32.2. The first-order chi connectivity index (χ1) is 13.3. The van der Waals surface area contributed by atoms with Crippen molar-refractivity contribution in [1.82, 2.24) is 10.3 Å². The molecule has 0 atom stereocenters. The molecular weight excluding hydrogens is 384 g/mol. The number of carbonyl (C=O) groups excluding carboxylic acids is 2. The molecule has 2 aromatic rings. The summed E-state index contributed by atoms with van der Waals surface area (Å²) in [5, 5.41) is 0. The second kappa shape index (κ2) is 9.34. The molecule has 8 nitrogen and oxygen atoms in total. The lowest BCUT2D eigenvalue weighted by atomic mass is 10.2. The van der Waals surface area contributed by atoms with Crippen LogP contribution in [-0.4, -0.2) is 33.8 Å². The average molecular weight is 406 g/mol. The van der Waals surface area contributed by atoms with E-state index >= 15 is 0 Å². The molecule has 0 fully saturated rings. The molecule has 2 aromatic carbocycles. The van der Waals surface area contributed by atoms with Gasteiger partial charge in [0.1, 0.15) is 0 Å². The highest BCUT2D eigenvalue weighted by molar-refractivity contribution is 7.89. The fourth-order valence-electron chi connectivity index (χ4n) is 2.27. The van der Waals surface area contributed by atoms with Crippen molar-refractivity contribution in [3.8, 4) is 11.5 Å². The number of amides is 1. The van der Waals surface area contributed by atoms with Crippen LogP contribution in [0.15, 0.2) is 47.4 Å². The molecule has 0 aliphatic rings. The van der Waals surface area contributed by atoms with Gasteiger partial charge >= 0.3 is 0 Å². The molecule has 0 aliphatic carbocycles. The van der Waals surface area contributed by atoms with Gasteiger partial charge in [-0.05, 0) is 43.7 Å². The van der Waals surface area contributed by atoms with E-state index in [9.17, 15) is 18.0 Å². The van der Waals surface area contributed by atoms with Crippen LogP contribution in [-0.2, 0) is 10.0 Å². The third-order valence-electron chi connectivity index (χ3n) is 3.74. The molecule has 0 aromatic heterocycles. The Bertz CT molecular complexity index is 972. The Hall–Kier alpha value is -2.91. The molecule has 9 heteroatoms. The maximum atomic E-state index is 12.4. The van der Waals surface area contributed by atoms with Crippen molar-refractivity contribution >= 4 is 21.7 Å². The first-order valence-corrected chi connectivity index (χ1v) is 10.0. The van der Waals surface area contributed by atoms with Crippen LogP contribution < -0.4 is 19.7 Å². The van der Waals surface area contributed by atoms with Crippen molar-refractivity contribution in [2.24, 2.45) is 0 Å². The van der Waals surface area contributed by atoms with Crippen LogP contribution in [0.1, 0.15) is 41.0 Å². The van der Waals surface area contributed by atoms with E-state index in [1.165, 1.54) is 50.4 Å².